The highest BCUT2D eigenvalue weighted by Gasteiger charge is 2.19. The number of nitrogens with one attached hydrogen (secondary N) is 1. The van der Waals surface area contributed by atoms with Gasteiger partial charge in [-0.1, -0.05) is 18.2 Å². The molecule has 1 N–H and O–H groups in total. The lowest BCUT2D eigenvalue weighted by molar-refractivity contribution is 0.0764. The number of rotatable bonds is 10. The topological polar surface area (TPSA) is 75.7 Å². The summed E-state index contributed by atoms with van der Waals surface area (Å²) in [5.74, 6) is -0.243. The van der Waals surface area contributed by atoms with Gasteiger partial charge in [0.05, 0.1) is 18.0 Å². The molecule has 2 aromatic rings. The van der Waals surface area contributed by atoms with E-state index in [1.807, 2.05) is 17.5 Å². The highest BCUT2D eigenvalue weighted by atomic mass is 32.2. The van der Waals surface area contributed by atoms with Gasteiger partial charge >= 0.3 is 0 Å². The molecule has 0 aliphatic heterocycles. The Bertz CT molecular complexity index is 833. The number of carbonyl (C=O) groups excluding carboxylic acids is 1. The summed E-state index contributed by atoms with van der Waals surface area (Å²) in [6, 6.07) is 9.91. The van der Waals surface area contributed by atoms with Crippen molar-refractivity contribution in [2.24, 2.45) is 0 Å². The van der Waals surface area contributed by atoms with Crippen LogP contribution in [0.1, 0.15) is 15.2 Å². The second kappa shape index (κ2) is 9.63. The first-order valence-electron chi connectivity index (χ1n) is 7.99. The second-order valence-corrected chi connectivity index (χ2v) is 8.27. The molecule has 1 aromatic carbocycles. The fourth-order valence-electron chi connectivity index (χ4n) is 2.31. The largest absolute Gasteiger partial charge is 0.383 e. The number of nitrogens with zero attached hydrogens (tertiary/aromatic N) is 1. The van der Waals surface area contributed by atoms with E-state index in [0.717, 1.165) is 4.88 Å². The van der Waals surface area contributed by atoms with Crippen LogP contribution in [0.15, 0.2) is 59.3 Å². The molecule has 26 heavy (non-hydrogen) atoms. The Labute approximate surface area is 158 Å². The average Bonchev–Trinajstić information content (AvgIpc) is 3.14. The van der Waals surface area contributed by atoms with E-state index in [1.165, 1.54) is 19.2 Å². The molecular formula is C18H22N2O4S2. The van der Waals surface area contributed by atoms with Crippen molar-refractivity contribution >= 4 is 27.3 Å². The number of benzene rings is 1. The van der Waals surface area contributed by atoms with Gasteiger partial charge < -0.3 is 9.64 Å². The van der Waals surface area contributed by atoms with Crippen molar-refractivity contribution in [1.82, 2.24) is 9.62 Å². The molecule has 0 saturated carbocycles. The second-order valence-electron chi connectivity index (χ2n) is 5.47. The van der Waals surface area contributed by atoms with Crippen LogP contribution >= 0.6 is 11.3 Å². The normalized spacial score (nSPS) is 11.3. The summed E-state index contributed by atoms with van der Waals surface area (Å²) in [6.07, 6.45) is 1.65. The van der Waals surface area contributed by atoms with Crippen molar-refractivity contribution in [3.8, 4) is 0 Å². The third-order valence-electron chi connectivity index (χ3n) is 3.55. The van der Waals surface area contributed by atoms with Gasteiger partial charge in [0.1, 0.15) is 0 Å². The molecule has 0 aliphatic carbocycles. The minimum Gasteiger partial charge on any atom is -0.383 e. The average molecular weight is 395 g/mol. The van der Waals surface area contributed by atoms with Crippen LogP contribution < -0.4 is 4.72 Å². The first kappa shape index (κ1) is 20.3. The maximum atomic E-state index is 12.8. The molecule has 1 aromatic heterocycles. The lowest BCUT2D eigenvalue weighted by atomic mass is 10.2. The van der Waals surface area contributed by atoms with Gasteiger partial charge in [-0.2, -0.15) is 0 Å². The molecule has 1 heterocycles. The summed E-state index contributed by atoms with van der Waals surface area (Å²) in [7, 11) is -2.20. The number of methoxy groups -OCH3 is 1. The summed E-state index contributed by atoms with van der Waals surface area (Å²) < 4.78 is 31.9. The van der Waals surface area contributed by atoms with Crippen LogP contribution in [0.5, 0.6) is 0 Å². The molecule has 0 atom stereocenters. The van der Waals surface area contributed by atoms with E-state index >= 15 is 0 Å². The van der Waals surface area contributed by atoms with E-state index < -0.39 is 10.0 Å². The zero-order chi connectivity index (χ0) is 19.0. The molecule has 0 unspecified atom stereocenters. The monoisotopic (exact) mass is 394 g/mol. The number of sulfonamides is 1. The molecule has 0 fully saturated rings. The van der Waals surface area contributed by atoms with Crippen LogP contribution in [0.3, 0.4) is 0 Å². The van der Waals surface area contributed by atoms with Gasteiger partial charge in [-0.05, 0) is 29.6 Å². The van der Waals surface area contributed by atoms with Gasteiger partial charge in [-0.25, -0.2) is 13.1 Å². The fraction of sp³-hybridized carbons (Fsp3) is 0.278. The predicted octanol–water partition coefficient (Wildman–Crippen LogP) is 2.50. The molecule has 0 aliphatic rings. The highest BCUT2D eigenvalue weighted by molar-refractivity contribution is 7.89. The lowest BCUT2D eigenvalue weighted by Crippen LogP contribution is -2.31. The molecule has 8 heteroatoms. The van der Waals surface area contributed by atoms with E-state index in [2.05, 4.69) is 11.3 Å². The van der Waals surface area contributed by atoms with Gasteiger partial charge in [0.2, 0.25) is 10.0 Å². The fourth-order valence-corrected chi connectivity index (χ4v) is 4.08. The Kier molecular flexibility index (Phi) is 7.52. The number of hydrogen-bond acceptors (Lipinski definition) is 5. The Morgan fingerprint density at radius 2 is 2.15 bits per heavy atom. The van der Waals surface area contributed by atoms with Crippen LogP contribution in [0.2, 0.25) is 0 Å². The molecule has 0 saturated heterocycles. The number of amides is 1. The third-order valence-corrected chi connectivity index (χ3v) is 5.87. The lowest BCUT2D eigenvalue weighted by Gasteiger charge is -2.21. The van der Waals surface area contributed by atoms with Crippen LogP contribution in [0, 0.1) is 0 Å². The maximum absolute atomic E-state index is 12.8. The van der Waals surface area contributed by atoms with Crippen molar-refractivity contribution in [3.05, 3.63) is 64.9 Å². The summed E-state index contributed by atoms with van der Waals surface area (Å²) in [6.45, 7) is 4.96. The zero-order valence-corrected chi connectivity index (χ0v) is 16.2. The standard InChI is InChI=1S/C18H22N2O4S2/c1-3-10-20(14-16-7-5-12-25-16)18(21)15-6-4-8-17(13-15)26(22,23)19-9-11-24-2/h3-8,12-13,19H,1,9-11,14H2,2H3. The van der Waals surface area contributed by atoms with Crippen molar-refractivity contribution in [2.45, 2.75) is 11.4 Å². The minimum atomic E-state index is -3.70. The van der Waals surface area contributed by atoms with E-state index in [1.54, 1.807) is 34.4 Å². The number of carbonyl (C=O) groups is 1. The van der Waals surface area contributed by atoms with E-state index in [-0.39, 0.29) is 24.0 Å². The smallest absolute Gasteiger partial charge is 0.254 e. The maximum Gasteiger partial charge on any atom is 0.254 e. The summed E-state index contributed by atoms with van der Waals surface area (Å²) in [5, 5.41) is 1.95. The molecular weight excluding hydrogens is 372 g/mol. The van der Waals surface area contributed by atoms with Gasteiger partial charge in [0, 0.05) is 30.6 Å². The molecule has 0 radical (unpaired) electrons. The van der Waals surface area contributed by atoms with Gasteiger partial charge in [0.25, 0.3) is 5.91 Å². The van der Waals surface area contributed by atoms with Crippen molar-refractivity contribution < 1.29 is 17.9 Å². The first-order chi connectivity index (χ1) is 12.5. The number of thiophene rings is 1. The van der Waals surface area contributed by atoms with Crippen molar-refractivity contribution in [2.75, 3.05) is 26.8 Å². The van der Waals surface area contributed by atoms with Gasteiger partial charge in [-0.15, -0.1) is 17.9 Å². The van der Waals surface area contributed by atoms with Gasteiger partial charge in [-0.3, -0.25) is 4.79 Å². The molecule has 0 bridgehead atoms. The summed E-state index contributed by atoms with van der Waals surface area (Å²) >= 11 is 1.56. The molecule has 140 valence electrons. The SMILES string of the molecule is C=CCN(Cc1cccs1)C(=O)c1cccc(S(=O)(=O)NCCOC)c1. The Hall–Kier alpha value is -2.00. The van der Waals surface area contributed by atoms with E-state index in [0.29, 0.717) is 18.7 Å². The predicted molar refractivity (Wildman–Crippen MR) is 103 cm³/mol. The Balaban J connectivity index is 2.21. The Morgan fingerprint density at radius 3 is 2.81 bits per heavy atom. The number of hydrogen-bond donors (Lipinski definition) is 1. The summed E-state index contributed by atoms with van der Waals surface area (Å²) in [4.78, 5) is 15.6. The summed E-state index contributed by atoms with van der Waals surface area (Å²) in [5.41, 5.74) is 0.318. The third kappa shape index (κ3) is 5.50. The van der Waals surface area contributed by atoms with Crippen LogP contribution in [0.4, 0.5) is 0 Å². The van der Waals surface area contributed by atoms with E-state index in [9.17, 15) is 13.2 Å². The highest BCUT2D eigenvalue weighted by Crippen LogP contribution is 2.17. The van der Waals surface area contributed by atoms with Crippen molar-refractivity contribution in [3.63, 3.8) is 0 Å². The molecule has 6 nitrogen and oxygen atoms in total. The van der Waals surface area contributed by atoms with Crippen LogP contribution in [0.25, 0.3) is 0 Å². The minimum absolute atomic E-state index is 0.0501. The van der Waals surface area contributed by atoms with Crippen LogP contribution in [-0.4, -0.2) is 46.0 Å². The zero-order valence-electron chi connectivity index (χ0n) is 14.6. The van der Waals surface area contributed by atoms with E-state index in [4.69, 9.17) is 4.74 Å². The molecule has 1 amide bonds. The quantitative estimate of drug-likeness (QED) is 0.496. The molecule has 2 rings (SSSR count). The van der Waals surface area contributed by atoms with Gasteiger partial charge in [0.15, 0.2) is 0 Å². The van der Waals surface area contributed by atoms with Crippen LogP contribution in [-0.2, 0) is 21.3 Å². The number of ether oxygens (including phenoxy) is 1. The molecule has 0 spiro atoms. The Morgan fingerprint density at radius 1 is 1.35 bits per heavy atom. The first-order valence-corrected chi connectivity index (χ1v) is 10.4. The van der Waals surface area contributed by atoms with Crippen molar-refractivity contribution in [1.29, 1.82) is 0 Å².